The van der Waals surface area contributed by atoms with Crippen molar-refractivity contribution in [1.82, 2.24) is 25.1 Å². The third kappa shape index (κ3) is 3.71. The molecule has 0 saturated heterocycles. The number of benzene rings is 1. The standard InChI is InChI=1S/C17H14F3N5O/c1-11(12-4-2-5-13(8-12)17(18,19)20)24-16(26)14-6-3-7-22-15(14)25-10-21-9-23-25/h2-11H,1H3,(H,24,26)/t11-/m0/s1. The Morgan fingerprint density at radius 1 is 1.23 bits per heavy atom. The Kier molecular flexibility index (Phi) is 4.70. The first kappa shape index (κ1) is 17.6. The molecule has 0 aliphatic rings. The summed E-state index contributed by atoms with van der Waals surface area (Å²) >= 11 is 0. The van der Waals surface area contributed by atoms with Crippen molar-refractivity contribution in [2.75, 3.05) is 0 Å². The van der Waals surface area contributed by atoms with Crippen LogP contribution in [0, 0.1) is 0 Å². The van der Waals surface area contributed by atoms with Gasteiger partial charge in [-0.2, -0.15) is 18.3 Å². The number of nitrogens with zero attached hydrogens (tertiary/aromatic N) is 4. The van der Waals surface area contributed by atoms with Gasteiger partial charge < -0.3 is 5.32 Å². The molecule has 1 amide bonds. The molecule has 1 aromatic carbocycles. The molecular weight excluding hydrogens is 347 g/mol. The lowest BCUT2D eigenvalue weighted by atomic mass is 10.0. The number of alkyl halides is 3. The number of pyridine rings is 1. The summed E-state index contributed by atoms with van der Waals surface area (Å²) in [6, 6.07) is 7.36. The third-order valence-corrected chi connectivity index (χ3v) is 3.73. The van der Waals surface area contributed by atoms with Crippen molar-refractivity contribution in [1.29, 1.82) is 0 Å². The van der Waals surface area contributed by atoms with Crippen molar-refractivity contribution in [2.24, 2.45) is 0 Å². The largest absolute Gasteiger partial charge is 0.416 e. The highest BCUT2D eigenvalue weighted by Gasteiger charge is 2.30. The minimum atomic E-state index is -4.44. The zero-order chi connectivity index (χ0) is 18.7. The second kappa shape index (κ2) is 6.95. The second-order valence-corrected chi connectivity index (χ2v) is 5.53. The molecule has 0 aliphatic carbocycles. The summed E-state index contributed by atoms with van der Waals surface area (Å²) in [4.78, 5) is 20.5. The van der Waals surface area contributed by atoms with E-state index in [-0.39, 0.29) is 11.4 Å². The Morgan fingerprint density at radius 2 is 2.04 bits per heavy atom. The van der Waals surface area contributed by atoms with Crippen LogP contribution in [0.25, 0.3) is 5.82 Å². The molecule has 0 fully saturated rings. The molecule has 2 aromatic heterocycles. The number of rotatable bonds is 4. The van der Waals surface area contributed by atoms with Gasteiger partial charge in [0.15, 0.2) is 5.82 Å². The van der Waals surface area contributed by atoms with E-state index in [0.29, 0.717) is 5.56 Å². The van der Waals surface area contributed by atoms with Crippen LogP contribution in [0.5, 0.6) is 0 Å². The zero-order valence-electron chi connectivity index (χ0n) is 13.6. The maximum atomic E-state index is 12.9. The highest BCUT2D eigenvalue weighted by molar-refractivity contribution is 5.97. The lowest BCUT2D eigenvalue weighted by Gasteiger charge is -2.17. The van der Waals surface area contributed by atoms with Crippen LogP contribution in [-0.2, 0) is 6.18 Å². The molecule has 1 atom stereocenters. The van der Waals surface area contributed by atoms with Crippen molar-refractivity contribution >= 4 is 5.91 Å². The van der Waals surface area contributed by atoms with E-state index in [2.05, 4.69) is 20.4 Å². The number of carbonyl (C=O) groups excluding carboxylic acids is 1. The number of halogens is 3. The van der Waals surface area contributed by atoms with Crippen molar-refractivity contribution in [3.8, 4) is 5.82 Å². The highest BCUT2D eigenvalue weighted by atomic mass is 19.4. The maximum Gasteiger partial charge on any atom is 0.416 e. The highest BCUT2D eigenvalue weighted by Crippen LogP contribution is 2.30. The molecular formula is C17H14F3N5O. The minimum absolute atomic E-state index is 0.233. The van der Waals surface area contributed by atoms with Gasteiger partial charge in [0.05, 0.1) is 17.2 Å². The van der Waals surface area contributed by atoms with Crippen LogP contribution in [0.15, 0.2) is 55.2 Å². The van der Waals surface area contributed by atoms with Gasteiger partial charge >= 0.3 is 6.18 Å². The predicted octanol–water partition coefficient (Wildman–Crippen LogP) is 3.17. The van der Waals surface area contributed by atoms with Crippen LogP contribution in [0.1, 0.15) is 34.5 Å². The topological polar surface area (TPSA) is 72.7 Å². The normalized spacial score (nSPS) is 12.6. The number of aromatic nitrogens is 4. The molecule has 26 heavy (non-hydrogen) atoms. The lowest BCUT2D eigenvalue weighted by molar-refractivity contribution is -0.137. The van der Waals surface area contributed by atoms with Crippen LogP contribution in [-0.4, -0.2) is 25.7 Å². The molecule has 2 heterocycles. The van der Waals surface area contributed by atoms with Crippen LogP contribution in [0.4, 0.5) is 13.2 Å². The van der Waals surface area contributed by atoms with Crippen LogP contribution >= 0.6 is 0 Å². The number of amides is 1. The molecule has 0 radical (unpaired) electrons. The van der Waals surface area contributed by atoms with Crippen molar-refractivity contribution < 1.29 is 18.0 Å². The van der Waals surface area contributed by atoms with Gasteiger partial charge in [-0.3, -0.25) is 4.79 Å². The summed E-state index contributed by atoms with van der Waals surface area (Å²) in [5.41, 5.74) is -0.183. The van der Waals surface area contributed by atoms with E-state index in [1.807, 2.05) is 0 Å². The molecule has 3 rings (SSSR count). The fraction of sp³-hybridized carbons (Fsp3) is 0.176. The SMILES string of the molecule is C[C@H](NC(=O)c1cccnc1-n1cncn1)c1cccc(C(F)(F)F)c1. The smallest absolute Gasteiger partial charge is 0.345 e. The first-order chi connectivity index (χ1) is 12.4. The zero-order valence-corrected chi connectivity index (χ0v) is 13.6. The Labute approximate surface area is 146 Å². The molecule has 3 aromatic rings. The summed E-state index contributed by atoms with van der Waals surface area (Å²) in [7, 11) is 0. The molecule has 0 bridgehead atoms. The average Bonchev–Trinajstić information content (AvgIpc) is 3.15. The van der Waals surface area contributed by atoms with Crippen LogP contribution in [0.2, 0.25) is 0 Å². The minimum Gasteiger partial charge on any atom is -0.345 e. The van der Waals surface area contributed by atoms with Gasteiger partial charge in [0, 0.05) is 6.20 Å². The predicted molar refractivity (Wildman–Crippen MR) is 86.5 cm³/mol. The van der Waals surface area contributed by atoms with Gasteiger partial charge in [-0.1, -0.05) is 12.1 Å². The molecule has 0 saturated carbocycles. The summed E-state index contributed by atoms with van der Waals surface area (Å²) in [5.74, 6) is -0.202. The number of hydrogen-bond donors (Lipinski definition) is 1. The molecule has 1 N–H and O–H groups in total. The van der Waals surface area contributed by atoms with Crippen molar-refractivity contribution in [3.05, 3.63) is 71.9 Å². The number of carbonyl (C=O) groups is 1. The third-order valence-electron chi connectivity index (χ3n) is 3.73. The van der Waals surface area contributed by atoms with Crippen molar-refractivity contribution in [3.63, 3.8) is 0 Å². The van der Waals surface area contributed by atoms with Crippen molar-refractivity contribution in [2.45, 2.75) is 19.1 Å². The van der Waals surface area contributed by atoms with Gasteiger partial charge in [0.1, 0.15) is 12.7 Å². The quantitative estimate of drug-likeness (QED) is 0.775. The summed E-state index contributed by atoms with van der Waals surface area (Å²) in [6.45, 7) is 1.61. The maximum absolute atomic E-state index is 12.9. The van der Waals surface area contributed by atoms with Crippen LogP contribution < -0.4 is 5.32 Å². The molecule has 0 unspecified atom stereocenters. The van der Waals surface area contributed by atoms with E-state index in [0.717, 1.165) is 12.1 Å². The number of hydrogen-bond acceptors (Lipinski definition) is 4. The second-order valence-electron chi connectivity index (χ2n) is 5.53. The van der Waals surface area contributed by atoms with Gasteiger partial charge in [0.2, 0.25) is 0 Å². The number of nitrogens with one attached hydrogen (secondary N) is 1. The molecule has 6 nitrogen and oxygen atoms in total. The molecule has 0 aliphatic heterocycles. The Morgan fingerprint density at radius 3 is 2.73 bits per heavy atom. The van der Waals surface area contributed by atoms with E-state index < -0.39 is 23.7 Å². The average molecular weight is 361 g/mol. The molecule has 9 heteroatoms. The first-order valence-corrected chi connectivity index (χ1v) is 7.64. The van der Waals surface area contributed by atoms with E-state index in [9.17, 15) is 18.0 Å². The first-order valence-electron chi connectivity index (χ1n) is 7.64. The molecule has 134 valence electrons. The Hall–Kier alpha value is -3.23. The van der Waals surface area contributed by atoms with Gasteiger partial charge in [-0.25, -0.2) is 14.6 Å². The van der Waals surface area contributed by atoms with E-state index in [1.165, 1.54) is 35.7 Å². The van der Waals surface area contributed by atoms with E-state index in [1.54, 1.807) is 19.1 Å². The van der Waals surface area contributed by atoms with Gasteiger partial charge in [-0.05, 0) is 36.8 Å². The van der Waals surface area contributed by atoms with Gasteiger partial charge in [0.25, 0.3) is 5.91 Å². The monoisotopic (exact) mass is 361 g/mol. The summed E-state index contributed by atoms with van der Waals surface area (Å²) < 4.78 is 39.9. The molecule has 0 spiro atoms. The van der Waals surface area contributed by atoms with Crippen LogP contribution in [0.3, 0.4) is 0 Å². The van der Waals surface area contributed by atoms with E-state index >= 15 is 0 Å². The lowest BCUT2D eigenvalue weighted by Crippen LogP contribution is -2.28. The van der Waals surface area contributed by atoms with E-state index in [4.69, 9.17) is 0 Å². The fourth-order valence-electron chi connectivity index (χ4n) is 2.42. The summed E-state index contributed by atoms with van der Waals surface area (Å²) in [5, 5.41) is 6.63. The Bertz CT molecular complexity index is 909. The fourth-order valence-corrected chi connectivity index (χ4v) is 2.42. The summed E-state index contributed by atoms with van der Waals surface area (Å²) in [6.07, 6.45) is -0.232. The van der Waals surface area contributed by atoms with Gasteiger partial charge in [-0.15, -0.1) is 0 Å². The Balaban J connectivity index is 1.83.